The van der Waals surface area contributed by atoms with Crippen LogP contribution in [0.3, 0.4) is 0 Å². The molecule has 0 N–H and O–H groups in total. The van der Waals surface area contributed by atoms with E-state index in [9.17, 15) is 20.2 Å². The number of ether oxygens (including phenoxy) is 2. The number of hydrogen-bond donors (Lipinski definition) is 0. The lowest BCUT2D eigenvalue weighted by molar-refractivity contribution is -0.422. The van der Waals surface area contributed by atoms with Crippen molar-refractivity contribution in [2.45, 2.75) is 18.1 Å². The number of nitro groups is 2. The lowest BCUT2D eigenvalue weighted by atomic mass is 9.69. The molecule has 0 bridgehead atoms. The molecule has 172 valence electrons. The van der Waals surface area contributed by atoms with Gasteiger partial charge in [-0.2, -0.15) is 0 Å². The first-order valence-corrected chi connectivity index (χ1v) is 10.6. The van der Waals surface area contributed by atoms with Crippen molar-refractivity contribution in [2.75, 3.05) is 19.1 Å². The number of fused-ring (bicyclic) bond motifs is 2. The van der Waals surface area contributed by atoms with Gasteiger partial charge in [-0.05, 0) is 36.3 Å². The van der Waals surface area contributed by atoms with Gasteiger partial charge in [-0.15, -0.1) is 0 Å². The molecule has 3 aromatic carbocycles. The van der Waals surface area contributed by atoms with E-state index in [1.807, 2.05) is 66.5 Å². The monoisotopic (exact) mass is 459 g/mol. The van der Waals surface area contributed by atoms with Crippen molar-refractivity contribution >= 4 is 23.1 Å². The van der Waals surface area contributed by atoms with Crippen LogP contribution in [-0.4, -0.2) is 29.7 Å². The summed E-state index contributed by atoms with van der Waals surface area (Å²) in [4.78, 5) is 23.9. The fourth-order valence-corrected chi connectivity index (χ4v) is 5.24. The van der Waals surface area contributed by atoms with E-state index in [0.717, 1.165) is 22.9 Å². The summed E-state index contributed by atoms with van der Waals surface area (Å²) in [6.45, 7) is 2.06. The minimum absolute atomic E-state index is 0.00134. The van der Waals surface area contributed by atoms with Crippen LogP contribution >= 0.6 is 0 Å². The van der Waals surface area contributed by atoms with Gasteiger partial charge in [-0.1, -0.05) is 48.5 Å². The van der Waals surface area contributed by atoms with Gasteiger partial charge in [0.25, 0.3) is 0 Å². The molecule has 2 heterocycles. The topological polar surface area (TPSA) is 108 Å². The van der Waals surface area contributed by atoms with Crippen LogP contribution in [0.4, 0.5) is 17.1 Å². The third-order valence-corrected chi connectivity index (χ3v) is 6.94. The molecule has 9 heteroatoms. The lowest BCUT2D eigenvalue weighted by Gasteiger charge is -2.47. The molecule has 1 spiro atoms. The molecule has 0 aromatic heterocycles. The summed E-state index contributed by atoms with van der Waals surface area (Å²) in [5.41, 5.74) is -0.191. The van der Waals surface area contributed by atoms with Crippen LogP contribution < -0.4 is 14.4 Å². The smallest absolute Gasteiger partial charge is 0.357 e. The number of nitrogens with zero attached hydrogens (tertiary/aromatic N) is 3. The van der Waals surface area contributed by atoms with Crippen molar-refractivity contribution in [2.24, 2.45) is 0 Å². The Morgan fingerprint density at radius 2 is 1.68 bits per heavy atom. The summed E-state index contributed by atoms with van der Waals surface area (Å²) in [6.07, 6.45) is 3.29. The zero-order chi connectivity index (χ0) is 24.3. The van der Waals surface area contributed by atoms with Crippen molar-refractivity contribution in [3.8, 4) is 11.5 Å². The van der Waals surface area contributed by atoms with E-state index in [1.54, 1.807) is 6.08 Å². The second kappa shape index (κ2) is 7.31. The highest BCUT2D eigenvalue weighted by Crippen LogP contribution is 2.59. The van der Waals surface area contributed by atoms with Crippen molar-refractivity contribution in [3.05, 3.63) is 104 Å². The van der Waals surface area contributed by atoms with E-state index in [-0.39, 0.29) is 17.1 Å². The summed E-state index contributed by atoms with van der Waals surface area (Å²) < 4.78 is 12.1. The largest absolute Gasteiger partial charge is 0.493 e. The molecule has 2 atom stereocenters. The normalized spacial score (nSPS) is 22.1. The quantitative estimate of drug-likeness (QED) is 0.396. The van der Waals surface area contributed by atoms with Crippen molar-refractivity contribution in [3.63, 3.8) is 0 Å². The molecule has 2 aliphatic rings. The first-order chi connectivity index (χ1) is 16.3. The average Bonchev–Trinajstić information content (AvgIpc) is 3.03. The Hall–Kier alpha value is -4.40. The summed E-state index contributed by atoms with van der Waals surface area (Å²) in [5.74, 6) is 0.139. The number of rotatable bonds is 4. The molecule has 0 saturated heterocycles. The van der Waals surface area contributed by atoms with Gasteiger partial charge in [0.15, 0.2) is 11.5 Å². The molecule has 5 rings (SSSR count). The van der Waals surface area contributed by atoms with Gasteiger partial charge in [0.2, 0.25) is 5.72 Å². The van der Waals surface area contributed by atoms with Crippen LogP contribution in [0.2, 0.25) is 0 Å². The lowest BCUT2D eigenvalue weighted by Crippen LogP contribution is -2.59. The summed E-state index contributed by atoms with van der Waals surface area (Å²) >= 11 is 0. The number of methoxy groups -OCH3 is 1. The molecule has 0 fully saturated rings. The van der Waals surface area contributed by atoms with E-state index in [4.69, 9.17) is 9.47 Å². The molecule has 34 heavy (non-hydrogen) atoms. The number of likely N-dealkylation sites (N-methyl/N-ethyl adjacent to an activating group) is 1. The van der Waals surface area contributed by atoms with Gasteiger partial charge in [0.1, 0.15) is 5.56 Å². The highest BCUT2D eigenvalue weighted by molar-refractivity contribution is 5.82. The van der Waals surface area contributed by atoms with Gasteiger partial charge in [0.05, 0.1) is 28.4 Å². The minimum Gasteiger partial charge on any atom is -0.493 e. The second-order valence-corrected chi connectivity index (χ2v) is 8.40. The van der Waals surface area contributed by atoms with Gasteiger partial charge in [-0.25, -0.2) is 0 Å². The molecule has 0 radical (unpaired) electrons. The average molecular weight is 459 g/mol. The van der Waals surface area contributed by atoms with E-state index >= 15 is 0 Å². The maximum Gasteiger partial charge on any atom is 0.357 e. The third kappa shape index (κ3) is 2.60. The Bertz CT molecular complexity index is 1370. The first kappa shape index (κ1) is 21.4. The van der Waals surface area contributed by atoms with Crippen molar-refractivity contribution < 1.29 is 19.3 Å². The molecule has 0 aliphatic carbocycles. The predicted molar refractivity (Wildman–Crippen MR) is 126 cm³/mol. The fraction of sp³-hybridized carbons (Fsp3) is 0.200. The van der Waals surface area contributed by atoms with Gasteiger partial charge in [0, 0.05) is 12.7 Å². The van der Waals surface area contributed by atoms with E-state index in [1.165, 1.54) is 13.2 Å². The first-order valence-electron chi connectivity index (χ1n) is 10.6. The van der Waals surface area contributed by atoms with Crippen LogP contribution in [0, 0.1) is 20.2 Å². The molecule has 2 aliphatic heterocycles. The Labute approximate surface area is 195 Å². The summed E-state index contributed by atoms with van der Waals surface area (Å²) in [5, 5.41) is 23.5. The van der Waals surface area contributed by atoms with Crippen LogP contribution in [0.1, 0.15) is 23.6 Å². The van der Waals surface area contributed by atoms with Crippen LogP contribution in [0.15, 0.2) is 66.7 Å². The summed E-state index contributed by atoms with van der Waals surface area (Å²) in [7, 11) is 3.25. The van der Waals surface area contributed by atoms with E-state index in [0.29, 0.717) is 0 Å². The van der Waals surface area contributed by atoms with E-state index in [2.05, 4.69) is 6.92 Å². The molecule has 0 saturated carbocycles. The van der Waals surface area contributed by atoms with Crippen LogP contribution in [0.5, 0.6) is 11.5 Å². The number of nitro benzene ring substituents is 2. The Balaban J connectivity index is 1.82. The van der Waals surface area contributed by atoms with Gasteiger partial charge >= 0.3 is 11.4 Å². The van der Waals surface area contributed by atoms with Crippen molar-refractivity contribution in [1.82, 2.24) is 0 Å². The number of benzene rings is 3. The molecular weight excluding hydrogens is 438 g/mol. The van der Waals surface area contributed by atoms with Gasteiger partial charge in [-0.3, -0.25) is 20.2 Å². The minimum atomic E-state index is -1.12. The molecular formula is C25H21N3O6. The second-order valence-electron chi connectivity index (χ2n) is 8.40. The maximum absolute atomic E-state index is 11.9. The third-order valence-electron chi connectivity index (χ3n) is 6.94. The fourth-order valence-electron chi connectivity index (χ4n) is 5.24. The molecule has 2 unspecified atom stereocenters. The zero-order valence-corrected chi connectivity index (χ0v) is 18.7. The summed E-state index contributed by atoms with van der Waals surface area (Å²) in [6, 6.07) is 18.8. The Kier molecular flexibility index (Phi) is 4.61. The highest BCUT2D eigenvalue weighted by atomic mass is 16.6. The van der Waals surface area contributed by atoms with Crippen LogP contribution in [0.25, 0.3) is 6.08 Å². The number of para-hydroxylation sites is 1. The number of anilines is 1. The molecule has 3 aromatic rings. The van der Waals surface area contributed by atoms with Crippen molar-refractivity contribution in [1.29, 1.82) is 0 Å². The Morgan fingerprint density at radius 1 is 1.00 bits per heavy atom. The predicted octanol–water partition coefficient (Wildman–Crippen LogP) is 5.07. The van der Waals surface area contributed by atoms with E-state index < -0.39 is 32.4 Å². The maximum atomic E-state index is 11.9. The molecule has 0 amide bonds. The molecule has 9 nitrogen and oxygen atoms in total. The highest BCUT2D eigenvalue weighted by Gasteiger charge is 2.61. The standard InChI is InChI=1S/C25H21N3O6/c1-24(16-9-5-4-6-10-16)18-11-7-8-12-19(18)26(2)25(24)14-13-17-22(28(31)32)20(27(29)30)15-21(33-3)23(17)34-25/h4-15H,1-3H3. The SMILES string of the molecule is COc1cc([N+](=O)[O-])c([N+](=O)[O-])c2c1OC1(C=C2)N(C)c2ccccc2C1(C)c1ccccc1. The zero-order valence-electron chi connectivity index (χ0n) is 18.7. The van der Waals surface area contributed by atoms with Gasteiger partial charge < -0.3 is 14.4 Å². The number of hydrogen-bond acceptors (Lipinski definition) is 7. The van der Waals surface area contributed by atoms with Crippen LogP contribution in [-0.2, 0) is 5.41 Å². The Morgan fingerprint density at radius 3 is 2.32 bits per heavy atom.